The van der Waals surface area contributed by atoms with E-state index in [1.807, 2.05) is 26.0 Å². The predicted molar refractivity (Wildman–Crippen MR) is 107 cm³/mol. The zero-order chi connectivity index (χ0) is 21.3. The van der Waals surface area contributed by atoms with Crippen LogP contribution in [0.3, 0.4) is 0 Å². The van der Waals surface area contributed by atoms with E-state index in [4.69, 9.17) is 4.74 Å². The van der Waals surface area contributed by atoms with Crippen molar-refractivity contribution in [1.29, 1.82) is 5.26 Å². The number of aromatic nitrogens is 2. The van der Waals surface area contributed by atoms with Gasteiger partial charge in [0.2, 0.25) is 5.91 Å². The SMILES string of the molecule is CC.CC(=O)N(C(=O)OC(C)(C)C)c1nn2cc(C3(C#N)CC3)ccc2c1C. The van der Waals surface area contributed by atoms with Crippen LogP contribution in [0.5, 0.6) is 0 Å². The summed E-state index contributed by atoms with van der Waals surface area (Å²) >= 11 is 0. The second-order valence-electron chi connectivity index (χ2n) is 7.72. The molecule has 1 saturated carbocycles. The normalized spacial score (nSPS) is 14.5. The van der Waals surface area contributed by atoms with E-state index in [0.717, 1.165) is 28.8 Å². The molecular formula is C21H28N4O3. The fraction of sp³-hybridized carbons (Fsp3) is 0.524. The average Bonchev–Trinajstić information content (AvgIpc) is 3.35. The molecule has 2 heterocycles. The average molecular weight is 384 g/mol. The molecule has 2 amide bonds. The lowest BCUT2D eigenvalue weighted by Crippen LogP contribution is -2.40. The maximum atomic E-state index is 12.5. The van der Waals surface area contributed by atoms with Gasteiger partial charge in [-0.15, -0.1) is 5.10 Å². The summed E-state index contributed by atoms with van der Waals surface area (Å²) in [5.41, 5.74) is 1.20. The molecule has 0 N–H and O–H groups in total. The number of fused-ring (bicyclic) bond motifs is 1. The highest BCUT2D eigenvalue weighted by Gasteiger charge is 2.45. The van der Waals surface area contributed by atoms with Crippen LogP contribution in [-0.2, 0) is 14.9 Å². The Morgan fingerprint density at radius 3 is 2.36 bits per heavy atom. The number of aryl methyl sites for hydroxylation is 1. The summed E-state index contributed by atoms with van der Waals surface area (Å²) in [4.78, 5) is 25.6. The van der Waals surface area contributed by atoms with Crippen LogP contribution in [0.25, 0.3) is 5.52 Å². The Labute approximate surface area is 165 Å². The van der Waals surface area contributed by atoms with E-state index in [9.17, 15) is 14.9 Å². The van der Waals surface area contributed by atoms with E-state index < -0.39 is 23.0 Å². The molecule has 0 spiro atoms. The summed E-state index contributed by atoms with van der Waals surface area (Å²) in [6.07, 6.45) is 2.71. The van der Waals surface area contributed by atoms with Crippen molar-refractivity contribution in [2.24, 2.45) is 0 Å². The van der Waals surface area contributed by atoms with Crippen LogP contribution in [0, 0.1) is 18.3 Å². The summed E-state index contributed by atoms with van der Waals surface area (Å²) in [6.45, 7) is 12.3. The Hall–Kier alpha value is -2.88. The van der Waals surface area contributed by atoms with E-state index in [0.29, 0.717) is 5.56 Å². The monoisotopic (exact) mass is 384 g/mol. The van der Waals surface area contributed by atoms with Crippen molar-refractivity contribution in [2.75, 3.05) is 4.90 Å². The lowest BCUT2D eigenvalue weighted by atomic mass is 10.00. The fourth-order valence-corrected chi connectivity index (χ4v) is 2.92. The van der Waals surface area contributed by atoms with Gasteiger partial charge in [0, 0.05) is 18.7 Å². The lowest BCUT2D eigenvalue weighted by Gasteiger charge is -2.24. The summed E-state index contributed by atoms with van der Waals surface area (Å²) in [5, 5.41) is 13.8. The third-order valence-electron chi connectivity index (χ3n) is 4.47. The van der Waals surface area contributed by atoms with Gasteiger partial charge < -0.3 is 4.74 Å². The van der Waals surface area contributed by atoms with Gasteiger partial charge in [-0.1, -0.05) is 19.9 Å². The highest BCUT2D eigenvalue weighted by atomic mass is 16.6. The second-order valence-corrected chi connectivity index (χ2v) is 7.72. The molecule has 2 aromatic rings. The topological polar surface area (TPSA) is 87.7 Å². The number of nitriles is 1. The van der Waals surface area contributed by atoms with Gasteiger partial charge in [-0.05, 0) is 52.2 Å². The highest BCUT2D eigenvalue weighted by Crippen LogP contribution is 2.47. The molecule has 0 aliphatic heterocycles. The van der Waals surface area contributed by atoms with Crippen LogP contribution >= 0.6 is 0 Å². The van der Waals surface area contributed by atoms with E-state index in [2.05, 4.69) is 11.2 Å². The minimum absolute atomic E-state index is 0.241. The van der Waals surface area contributed by atoms with Crippen LogP contribution in [0.4, 0.5) is 10.6 Å². The minimum Gasteiger partial charge on any atom is -0.443 e. The number of nitrogens with zero attached hydrogens (tertiary/aromatic N) is 4. The predicted octanol–water partition coefficient (Wildman–Crippen LogP) is 4.51. The molecule has 0 bridgehead atoms. The molecule has 7 heteroatoms. The maximum absolute atomic E-state index is 12.5. The molecule has 1 fully saturated rings. The molecule has 0 unspecified atom stereocenters. The van der Waals surface area contributed by atoms with Crippen molar-refractivity contribution in [3.63, 3.8) is 0 Å². The van der Waals surface area contributed by atoms with Crippen molar-refractivity contribution in [1.82, 2.24) is 9.61 Å². The molecule has 3 rings (SSSR count). The first-order chi connectivity index (χ1) is 13.1. The Balaban J connectivity index is 0.00000136. The third kappa shape index (κ3) is 4.01. The van der Waals surface area contributed by atoms with Gasteiger partial charge in [-0.25, -0.2) is 9.31 Å². The molecule has 1 aliphatic carbocycles. The number of hydrogen-bond donors (Lipinski definition) is 0. The van der Waals surface area contributed by atoms with Crippen molar-refractivity contribution in [2.45, 2.75) is 72.3 Å². The Morgan fingerprint density at radius 1 is 1.29 bits per heavy atom. The lowest BCUT2D eigenvalue weighted by molar-refractivity contribution is -0.116. The quantitative estimate of drug-likeness (QED) is 0.760. The highest BCUT2D eigenvalue weighted by molar-refractivity contribution is 6.11. The number of anilines is 1. The molecule has 0 saturated heterocycles. The number of hydrogen-bond acceptors (Lipinski definition) is 5. The second kappa shape index (κ2) is 7.63. The van der Waals surface area contributed by atoms with Crippen LogP contribution in [0.1, 0.15) is 65.5 Å². The van der Waals surface area contributed by atoms with E-state index in [-0.39, 0.29) is 5.82 Å². The van der Waals surface area contributed by atoms with Crippen molar-refractivity contribution in [3.8, 4) is 6.07 Å². The number of ether oxygens (including phenoxy) is 1. The molecule has 0 radical (unpaired) electrons. The number of amides is 2. The molecule has 1 aliphatic rings. The van der Waals surface area contributed by atoms with Gasteiger partial charge in [-0.3, -0.25) is 4.79 Å². The Bertz CT molecular complexity index is 943. The van der Waals surface area contributed by atoms with E-state index in [1.165, 1.54) is 6.92 Å². The summed E-state index contributed by atoms with van der Waals surface area (Å²) in [6, 6.07) is 6.14. The van der Waals surface area contributed by atoms with E-state index in [1.54, 1.807) is 38.4 Å². The molecular weight excluding hydrogens is 356 g/mol. The number of pyridine rings is 1. The van der Waals surface area contributed by atoms with E-state index >= 15 is 0 Å². The smallest absolute Gasteiger partial charge is 0.423 e. The number of carbonyl (C=O) groups is 2. The zero-order valence-electron chi connectivity index (χ0n) is 17.7. The summed E-state index contributed by atoms with van der Waals surface area (Å²) < 4.78 is 6.97. The minimum atomic E-state index is -0.757. The first-order valence-corrected chi connectivity index (χ1v) is 9.52. The fourth-order valence-electron chi connectivity index (χ4n) is 2.92. The molecule has 2 aromatic heterocycles. The van der Waals surface area contributed by atoms with Crippen LogP contribution < -0.4 is 4.90 Å². The molecule has 0 aromatic carbocycles. The number of rotatable bonds is 2. The van der Waals surface area contributed by atoms with Crippen molar-refractivity contribution in [3.05, 3.63) is 29.5 Å². The standard InChI is InChI=1S/C19H22N4O3.C2H6/c1-12-15-7-6-14(19(11-20)8-9-19)10-22(15)21-16(12)23(13(2)24)17(25)26-18(3,4)5;1-2/h6-7,10H,8-9H2,1-5H3;1-2H3. The Kier molecular flexibility index (Phi) is 5.83. The molecule has 0 atom stereocenters. The Morgan fingerprint density at radius 2 is 1.89 bits per heavy atom. The maximum Gasteiger partial charge on any atom is 0.423 e. The first-order valence-electron chi connectivity index (χ1n) is 9.52. The van der Waals surface area contributed by atoms with Crippen molar-refractivity contribution >= 4 is 23.3 Å². The van der Waals surface area contributed by atoms with Gasteiger partial charge in [0.15, 0.2) is 5.82 Å². The van der Waals surface area contributed by atoms with Gasteiger partial charge in [0.05, 0.1) is 17.0 Å². The van der Waals surface area contributed by atoms with Crippen LogP contribution in [0.15, 0.2) is 18.3 Å². The van der Waals surface area contributed by atoms with Gasteiger partial charge in [-0.2, -0.15) is 10.2 Å². The van der Waals surface area contributed by atoms with Crippen molar-refractivity contribution < 1.29 is 14.3 Å². The number of imide groups is 1. The molecule has 150 valence electrons. The zero-order valence-corrected chi connectivity index (χ0v) is 17.7. The third-order valence-corrected chi connectivity index (χ3v) is 4.47. The molecule has 28 heavy (non-hydrogen) atoms. The largest absolute Gasteiger partial charge is 0.443 e. The number of carbonyl (C=O) groups excluding carboxylic acids is 2. The summed E-state index contributed by atoms with van der Waals surface area (Å²) in [5.74, 6) is -0.229. The van der Waals surface area contributed by atoms with Gasteiger partial charge in [0.25, 0.3) is 0 Å². The van der Waals surface area contributed by atoms with Gasteiger partial charge >= 0.3 is 6.09 Å². The molecule has 7 nitrogen and oxygen atoms in total. The summed E-state index contributed by atoms with van der Waals surface area (Å²) in [7, 11) is 0. The van der Waals surface area contributed by atoms with Gasteiger partial charge in [0.1, 0.15) is 5.60 Å². The van der Waals surface area contributed by atoms with Crippen LogP contribution in [-0.4, -0.2) is 27.2 Å². The first kappa shape index (κ1) is 21.4. The van der Waals surface area contributed by atoms with Crippen LogP contribution in [0.2, 0.25) is 0 Å².